The number of ether oxygens (including phenoxy) is 3. The quantitative estimate of drug-likeness (QED) is 0.108. The number of phosphoric acid groups is 1. The molecule has 0 saturated heterocycles. The Morgan fingerprint density at radius 3 is 2.35 bits per heavy atom. The van der Waals surface area contributed by atoms with Crippen LogP contribution in [-0.4, -0.2) is 80.0 Å². The van der Waals surface area contributed by atoms with Crippen molar-refractivity contribution in [3.63, 3.8) is 0 Å². The fourth-order valence-corrected chi connectivity index (χ4v) is 6.48. The van der Waals surface area contributed by atoms with Crippen LogP contribution < -0.4 is 15.3 Å². The minimum Gasteiger partial charge on any atom is -0.461 e. The molecule has 0 amide bonds. The van der Waals surface area contributed by atoms with Gasteiger partial charge in [-0.2, -0.15) is 15.4 Å². The molecule has 2 heterocycles. The van der Waals surface area contributed by atoms with Gasteiger partial charge in [0.2, 0.25) is 5.60 Å². The highest BCUT2D eigenvalue weighted by Crippen LogP contribution is 2.46. The topological polar surface area (TPSA) is 256 Å². The van der Waals surface area contributed by atoms with Gasteiger partial charge in [-0.05, 0) is 45.0 Å². The van der Waals surface area contributed by atoms with Crippen molar-refractivity contribution in [2.24, 2.45) is 5.92 Å². The molecule has 0 aliphatic carbocycles. The molecule has 0 fully saturated rings. The third kappa shape index (κ3) is 11.0. The first-order valence-electron chi connectivity index (χ1n) is 14.8. The number of carbonyl (C=O) groups excluding carboxylic acids is 2. The van der Waals surface area contributed by atoms with Crippen LogP contribution in [0.15, 0.2) is 48.8 Å². The Bertz CT molecular complexity index is 1740. The van der Waals surface area contributed by atoms with Crippen molar-refractivity contribution in [2.45, 2.75) is 64.4 Å². The van der Waals surface area contributed by atoms with Crippen molar-refractivity contribution in [3.05, 3.63) is 54.5 Å². The SMILES string of the molecule is CO[C@](C#N)(COP(=O)(N[C@@H](C)C(=O)OCC(C)(C)OP(=O)(O)O)Oc1ccccc1)[C@H](Cc1ccc2c(N)ncnn12)OC(=O)C(C)C. The summed E-state index contributed by atoms with van der Waals surface area (Å²) in [5.41, 5.74) is 3.22. The van der Waals surface area contributed by atoms with Crippen LogP contribution in [0.2, 0.25) is 0 Å². The maximum absolute atomic E-state index is 14.2. The molecular formula is C29H40N6O12P2. The predicted octanol–water partition coefficient (Wildman–Crippen LogP) is 2.94. The summed E-state index contributed by atoms with van der Waals surface area (Å²) in [4.78, 5) is 48.0. The highest BCUT2D eigenvalue weighted by Gasteiger charge is 2.47. The molecule has 268 valence electrons. The smallest absolute Gasteiger partial charge is 0.461 e. The van der Waals surface area contributed by atoms with Gasteiger partial charge in [-0.1, -0.05) is 32.0 Å². The van der Waals surface area contributed by atoms with E-state index in [1.165, 1.54) is 50.9 Å². The standard InChI is InChI=1S/C29H40N6O12P2/c1-19(2)26(36)45-24(14-21-12-13-23-25(31)32-18-33-35(21)23)29(15-30,42-6)17-44-48(38,46-22-10-8-7-9-11-22)34-20(3)27(37)43-16-28(4,5)47-49(39,40)41/h7-13,18-20,24H,14,16-17H2,1-6H3,(H,34,38)(H2,31,32,33)(H2,39,40,41)/t20-,24-,29+,48?/m0/s1. The lowest BCUT2D eigenvalue weighted by atomic mass is 9.94. The summed E-state index contributed by atoms with van der Waals surface area (Å²) in [5, 5.41) is 17.1. The number of methoxy groups -OCH3 is 1. The Hall–Kier alpha value is -3.91. The van der Waals surface area contributed by atoms with Crippen molar-refractivity contribution in [1.29, 1.82) is 5.26 Å². The number of rotatable bonds is 18. The third-order valence-corrected chi connectivity index (χ3v) is 9.17. The van der Waals surface area contributed by atoms with Crippen LogP contribution >= 0.6 is 15.6 Å². The number of nitrogens with zero attached hydrogens (tertiary/aromatic N) is 4. The molecule has 4 atom stereocenters. The van der Waals surface area contributed by atoms with Gasteiger partial charge in [-0.3, -0.25) is 18.6 Å². The van der Waals surface area contributed by atoms with Gasteiger partial charge in [-0.25, -0.2) is 18.6 Å². The summed E-state index contributed by atoms with van der Waals surface area (Å²) in [6.07, 6.45) is -0.269. The number of phosphoric ester groups is 1. The molecule has 18 nitrogen and oxygen atoms in total. The molecular weight excluding hydrogens is 686 g/mol. The predicted molar refractivity (Wildman–Crippen MR) is 173 cm³/mol. The van der Waals surface area contributed by atoms with E-state index in [4.69, 9.17) is 38.8 Å². The number of nitrogens with one attached hydrogen (secondary N) is 1. The highest BCUT2D eigenvalue weighted by molar-refractivity contribution is 7.52. The second-order valence-corrected chi connectivity index (χ2v) is 14.6. The first kappa shape index (κ1) is 39.5. The van der Waals surface area contributed by atoms with E-state index < -0.39 is 70.0 Å². The number of para-hydroxylation sites is 1. The first-order valence-corrected chi connectivity index (χ1v) is 17.8. The largest absolute Gasteiger partial charge is 0.470 e. The maximum atomic E-state index is 14.2. The summed E-state index contributed by atoms with van der Waals surface area (Å²) in [6, 6.07) is 11.7. The molecule has 3 aromatic rings. The number of anilines is 1. The second-order valence-electron chi connectivity index (χ2n) is 11.7. The number of fused-ring (bicyclic) bond motifs is 1. The Kier molecular flexibility index (Phi) is 13.1. The molecule has 5 N–H and O–H groups in total. The number of carbonyl (C=O) groups is 2. The van der Waals surface area contributed by atoms with Crippen LogP contribution in [0.1, 0.15) is 40.3 Å². The van der Waals surface area contributed by atoms with E-state index in [0.29, 0.717) is 11.2 Å². The van der Waals surface area contributed by atoms with Crippen molar-refractivity contribution >= 4 is 38.8 Å². The lowest BCUT2D eigenvalue weighted by molar-refractivity contribution is -0.169. The van der Waals surface area contributed by atoms with Crippen molar-refractivity contribution in [1.82, 2.24) is 19.7 Å². The van der Waals surface area contributed by atoms with Crippen LogP contribution in [0.4, 0.5) is 5.82 Å². The lowest BCUT2D eigenvalue weighted by Crippen LogP contribution is -2.51. The van der Waals surface area contributed by atoms with Crippen LogP contribution in [0, 0.1) is 17.2 Å². The van der Waals surface area contributed by atoms with Gasteiger partial charge < -0.3 is 34.3 Å². The average Bonchev–Trinajstić information content (AvgIpc) is 3.43. The highest BCUT2D eigenvalue weighted by atomic mass is 31.2. The Labute approximate surface area is 282 Å². The van der Waals surface area contributed by atoms with E-state index in [2.05, 4.69) is 19.7 Å². The van der Waals surface area contributed by atoms with E-state index >= 15 is 0 Å². The number of aromatic nitrogens is 3. The molecule has 1 aromatic carbocycles. The molecule has 0 radical (unpaired) electrons. The van der Waals surface area contributed by atoms with E-state index in [1.807, 2.05) is 6.07 Å². The molecule has 0 aliphatic heterocycles. The molecule has 0 aliphatic rings. The normalized spacial score (nSPS) is 15.8. The molecule has 3 rings (SSSR count). The number of esters is 2. The number of nitrogens with two attached hydrogens (primary N) is 1. The Balaban J connectivity index is 1.92. The van der Waals surface area contributed by atoms with Gasteiger partial charge in [0.15, 0.2) is 11.9 Å². The van der Waals surface area contributed by atoms with E-state index in [1.54, 1.807) is 44.2 Å². The zero-order valence-corrected chi connectivity index (χ0v) is 29.5. The molecule has 20 heteroatoms. The third-order valence-electron chi connectivity index (χ3n) is 6.81. The summed E-state index contributed by atoms with van der Waals surface area (Å²) in [5.74, 6) is -2.02. The van der Waals surface area contributed by atoms with Crippen LogP contribution in [0.3, 0.4) is 0 Å². The molecule has 1 unspecified atom stereocenters. The van der Waals surface area contributed by atoms with Crippen molar-refractivity contribution < 1.29 is 56.3 Å². The minimum atomic E-state index is -4.91. The van der Waals surface area contributed by atoms with Crippen LogP contribution in [-0.2, 0) is 48.4 Å². The Morgan fingerprint density at radius 2 is 1.76 bits per heavy atom. The van der Waals surface area contributed by atoms with Gasteiger partial charge in [-0.15, -0.1) is 0 Å². The van der Waals surface area contributed by atoms with E-state index in [-0.39, 0.29) is 18.0 Å². The van der Waals surface area contributed by atoms with Gasteiger partial charge in [0, 0.05) is 19.2 Å². The fourth-order valence-electron chi connectivity index (χ4n) is 4.26. The molecule has 0 saturated carbocycles. The summed E-state index contributed by atoms with van der Waals surface area (Å²) < 4.78 is 59.6. The van der Waals surface area contributed by atoms with Gasteiger partial charge in [0.25, 0.3) is 0 Å². The first-order chi connectivity index (χ1) is 22.8. The Morgan fingerprint density at radius 1 is 1.08 bits per heavy atom. The molecule has 49 heavy (non-hydrogen) atoms. The summed E-state index contributed by atoms with van der Waals surface area (Å²) in [6.45, 7) is 5.66. The lowest BCUT2D eigenvalue weighted by Gasteiger charge is -2.34. The number of nitriles is 1. The zero-order valence-electron chi connectivity index (χ0n) is 27.7. The van der Waals surface area contributed by atoms with Crippen LogP contribution in [0.25, 0.3) is 5.52 Å². The van der Waals surface area contributed by atoms with E-state index in [9.17, 15) is 24.0 Å². The average molecular weight is 727 g/mol. The van der Waals surface area contributed by atoms with E-state index in [0.717, 1.165) is 0 Å². The summed E-state index contributed by atoms with van der Waals surface area (Å²) >= 11 is 0. The van der Waals surface area contributed by atoms with Crippen molar-refractivity contribution in [3.8, 4) is 11.8 Å². The molecule has 0 bridgehead atoms. The molecule has 0 spiro atoms. The fraction of sp³-hybridized carbons (Fsp3) is 0.483. The minimum absolute atomic E-state index is 0.0646. The number of hydrogen-bond donors (Lipinski definition) is 4. The number of benzene rings is 1. The van der Waals surface area contributed by atoms with Gasteiger partial charge in [0.1, 0.15) is 48.5 Å². The monoisotopic (exact) mass is 726 g/mol. The zero-order chi connectivity index (χ0) is 36.6. The second kappa shape index (κ2) is 16.2. The van der Waals surface area contributed by atoms with Crippen LogP contribution in [0.5, 0.6) is 5.75 Å². The van der Waals surface area contributed by atoms with Gasteiger partial charge >= 0.3 is 27.5 Å². The van der Waals surface area contributed by atoms with Gasteiger partial charge in [0.05, 0.1) is 5.92 Å². The summed E-state index contributed by atoms with van der Waals surface area (Å²) in [7, 11) is -8.33. The number of nitrogen functional groups attached to an aromatic ring is 1. The van der Waals surface area contributed by atoms with Crippen molar-refractivity contribution in [2.75, 3.05) is 26.1 Å². The number of hydrogen-bond acceptors (Lipinski definition) is 14. The maximum Gasteiger partial charge on any atom is 0.470 e. The molecule has 2 aromatic heterocycles.